The van der Waals surface area contributed by atoms with Crippen LogP contribution in [0.1, 0.15) is 10.4 Å². The number of urea groups is 1. The predicted octanol–water partition coefficient (Wildman–Crippen LogP) is 4.44. The molecule has 3 amide bonds. The molecule has 3 aromatic rings. The van der Waals surface area contributed by atoms with Crippen molar-refractivity contribution < 1.29 is 9.59 Å². The van der Waals surface area contributed by atoms with Gasteiger partial charge in [-0.05, 0) is 62.2 Å². The largest absolute Gasteiger partial charge is 0.360 e. The van der Waals surface area contributed by atoms with Crippen molar-refractivity contribution in [2.75, 3.05) is 10.6 Å². The van der Waals surface area contributed by atoms with E-state index in [1.165, 1.54) is 0 Å². The first kappa shape index (κ1) is 16.5. The maximum atomic E-state index is 12.5. The van der Waals surface area contributed by atoms with Crippen molar-refractivity contribution in [3.8, 4) is 0 Å². The highest BCUT2D eigenvalue weighted by molar-refractivity contribution is 9.13. The molecule has 2 aromatic carbocycles. The van der Waals surface area contributed by atoms with Crippen LogP contribution < -0.4 is 16.4 Å². The molecule has 0 bridgehead atoms. The maximum Gasteiger partial charge on any atom is 0.316 e. The summed E-state index contributed by atoms with van der Waals surface area (Å²) in [5.74, 6) is -0.258. The Kier molecular flexibility index (Phi) is 4.59. The average molecular weight is 452 g/mol. The number of aromatic nitrogens is 1. The van der Waals surface area contributed by atoms with Gasteiger partial charge in [0.05, 0.1) is 5.56 Å². The molecule has 0 atom stereocenters. The summed E-state index contributed by atoms with van der Waals surface area (Å²) in [4.78, 5) is 26.5. The van der Waals surface area contributed by atoms with E-state index in [4.69, 9.17) is 5.73 Å². The molecule has 0 saturated heterocycles. The lowest BCUT2D eigenvalue weighted by atomic mass is 10.1. The fourth-order valence-corrected chi connectivity index (χ4v) is 3.01. The summed E-state index contributed by atoms with van der Waals surface area (Å²) in [6, 6.07) is 9.86. The highest BCUT2D eigenvalue weighted by Gasteiger charge is 2.14. The highest BCUT2D eigenvalue weighted by atomic mass is 79.9. The summed E-state index contributed by atoms with van der Waals surface area (Å²) in [5, 5.41) is 6.07. The summed E-state index contributed by atoms with van der Waals surface area (Å²) in [7, 11) is 0. The highest BCUT2D eigenvalue weighted by Crippen LogP contribution is 2.30. The molecule has 0 aliphatic rings. The minimum Gasteiger partial charge on any atom is -0.360 e. The first-order chi connectivity index (χ1) is 11.4. The monoisotopic (exact) mass is 450 g/mol. The van der Waals surface area contributed by atoms with Crippen molar-refractivity contribution in [3.63, 3.8) is 0 Å². The van der Waals surface area contributed by atoms with E-state index in [0.717, 1.165) is 19.8 Å². The molecule has 1 aromatic heterocycles. The summed E-state index contributed by atoms with van der Waals surface area (Å²) in [5.41, 5.74) is 7.52. The maximum absolute atomic E-state index is 12.5. The second-order valence-electron chi connectivity index (χ2n) is 5.04. The van der Waals surface area contributed by atoms with E-state index in [0.29, 0.717) is 16.9 Å². The summed E-state index contributed by atoms with van der Waals surface area (Å²) >= 11 is 6.87. The van der Waals surface area contributed by atoms with Crippen molar-refractivity contribution in [2.45, 2.75) is 0 Å². The number of hydrogen-bond donors (Lipinski definition) is 4. The van der Waals surface area contributed by atoms with Gasteiger partial charge in [0.25, 0.3) is 5.91 Å². The molecule has 3 rings (SSSR count). The van der Waals surface area contributed by atoms with Gasteiger partial charge in [0, 0.05) is 37.4 Å². The van der Waals surface area contributed by atoms with E-state index in [-0.39, 0.29) is 5.91 Å². The number of H-pyrrole nitrogens is 1. The van der Waals surface area contributed by atoms with E-state index < -0.39 is 6.03 Å². The number of carbonyl (C=O) groups is 2. The molecule has 0 aliphatic carbocycles. The predicted molar refractivity (Wildman–Crippen MR) is 101 cm³/mol. The molecule has 0 radical (unpaired) electrons. The second kappa shape index (κ2) is 6.66. The van der Waals surface area contributed by atoms with E-state index in [9.17, 15) is 9.59 Å². The van der Waals surface area contributed by atoms with Crippen LogP contribution in [0.2, 0.25) is 0 Å². The molecule has 0 aliphatic heterocycles. The Bertz CT molecular complexity index is 952. The lowest BCUT2D eigenvalue weighted by Crippen LogP contribution is -2.19. The molecule has 24 heavy (non-hydrogen) atoms. The van der Waals surface area contributed by atoms with Crippen molar-refractivity contribution in [3.05, 3.63) is 57.1 Å². The van der Waals surface area contributed by atoms with Crippen LogP contribution in [-0.2, 0) is 0 Å². The van der Waals surface area contributed by atoms with Crippen LogP contribution in [0, 0.1) is 0 Å². The van der Waals surface area contributed by atoms with Gasteiger partial charge >= 0.3 is 6.03 Å². The molecule has 6 nitrogen and oxygen atoms in total. The zero-order chi connectivity index (χ0) is 17.3. The number of nitrogens with two attached hydrogens (primary N) is 1. The molecular formula is C16H12Br2N4O2. The van der Waals surface area contributed by atoms with Crippen LogP contribution in [0.3, 0.4) is 0 Å². The minimum absolute atomic E-state index is 0.258. The zero-order valence-electron chi connectivity index (χ0n) is 12.2. The molecule has 0 saturated carbocycles. The second-order valence-corrected chi connectivity index (χ2v) is 6.75. The molecule has 8 heteroatoms. The molecule has 5 N–H and O–H groups in total. The standard InChI is InChI=1S/C16H12Br2N4O2/c17-12-5-10-11(7-20-14(10)6-13(12)18)15(23)21-8-2-1-3-9(4-8)22-16(19)24/h1-7,20H,(H,21,23)(H3,19,22,24). The number of amides is 3. The number of anilines is 2. The minimum atomic E-state index is -0.662. The smallest absolute Gasteiger partial charge is 0.316 e. The van der Waals surface area contributed by atoms with Crippen LogP contribution in [0.4, 0.5) is 16.2 Å². The quantitative estimate of drug-likeness (QED) is 0.473. The van der Waals surface area contributed by atoms with Gasteiger partial charge in [-0.1, -0.05) is 6.07 Å². The third-order valence-corrected chi connectivity index (χ3v) is 5.20. The SMILES string of the molecule is NC(=O)Nc1cccc(NC(=O)c2c[nH]c3cc(Br)c(Br)cc23)c1. The van der Waals surface area contributed by atoms with Crippen molar-refractivity contribution in [1.29, 1.82) is 0 Å². The molecule has 0 spiro atoms. The lowest BCUT2D eigenvalue weighted by molar-refractivity contribution is 0.102. The van der Waals surface area contributed by atoms with Gasteiger partial charge in [0.15, 0.2) is 0 Å². The number of rotatable bonds is 3. The van der Waals surface area contributed by atoms with Crippen molar-refractivity contribution >= 4 is 66.1 Å². The number of halogens is 2. The normalized spacial score (nSPS) is 10.6. The van der Waals surface area contributed by atoms with Crippen LogP contribution in [0.5, 0.6) is 0 Å². The first-order valence-electron chi connectivity index (χ1n) is 6.88. The number of hydrogen-bond acceptors (Lipinski definition) is 2. The van der Waals surface area contributed by atoms with Gasteiger partial charge < -0.3 is 21.4 Å². The molecule has 122 valence electrons. The van der Waals surface area contributed by atoms with Gasteiger partial charge in [-0.2, -0.15) is 0 Å². The third-order valence-electron chi connectivity index (χ3n) is 3.36. The van der Waals surface area contributed by atoms with Crippen molar-refractivity contribution in [1.82, 2.24) is 4.98 Å². The molecule has 0 unspecified atom stereocenters. The van der Waals surface area contributed by atoms with Crippen molar-refractivity contribution in [2.24, 2.45) is 5.73 Å². The fraction of sp³-hybridized carbons (Fsp3) is 0. The van der Waals surface area contributed by atoms with Gasteiger partial charge in [-0.3, -0.25) is 4.79 Å². The van der Waals surface area contributed by atoms with Gasteiger partial charge in [-0.25, -0.2) is 4.79 Å². The third kappa shape index (κ3) is 3.44. The Hall–Kier alpha value is -2.32. The Labute approximate surface area is 154 Å². The van der Waals surface area contributed by atoms with E-state index in [2.05, 4.69) is 47.5 Å². The number of benzene rings is 2. The lowest BCUT2D eigenvalue weighted by Gasteiger charge is -2.07. The van der Waals surface area contributed by atoms with Crippen LogP contribution in [-0.4, -0.2) is 16.9 Å². The summed E-state index contributed by atoms with van der Waals surface area (Å²) in [6.45, 7) is 0. The van der Waals surface area contributed by atoms with E-state index in [1.54, 1.807) is 30.5 Å². The zero-order valence-corrected chi connectivity index (χ0v) is 15.4. The Morgan fingerprint density at radius 3 is 2.38 bits per heavy atom. The summed E-state index contributed by atoms with van der Waals surface area (Å²) < 4.78 is 1.75. The topological polar surface area (TPSA) is 100 Å². The first-order valence-corrected chi connectivity index (χ1v) is 8.46. The average Bonchev–Trinajstić information content (AvgIpc) is 2.90. The fourth-order valence-electron chi connectivity index (χ4n) is 2.32. The van der Waals surface area contributed by atoms with Gasteiger partial charge in [-0.15, -0.1) is 0 Å². The molecule has 0 fully saturated rings. The Morgan fingerprint density at radius 2 is 1.67 bits per heavy atom. The van der Waals surface area contributed by atoms with Crippen LogP contribution >= 0.6 is 31.9 Å². The Morgan fingerprint density at radius 1 is 1.00 bits per heavy atom. The Balaban J connectivity index is 1.88. The van der Waals surface area contributed by atoms with E-state index >= 15 is 0 Å². The number of carbonyl (C=O) groups excluding carboxylic acids is 2. The molecular weight excluding hydrogens is 440 g/mol. The van der Waals surface area contributed by atoms with Crippen LogP contribution in [0.25, 0.3) is 10.9 Å². The van der Waals surface area contributed by atoms with E-state index in [1.807, 2.05) is 12.1 Å². The number of aromatic amines is 1. The van der Waals surface area contributed by atoms with Gasteiger partial charge in [0.1, 0.15) is 0 Å². The van der Waals surface area contributed by atoms with Crippen LogP contribution in [0.15, 0.2) is 51.5 Å². The number of nitrogens with one attached hydrogen (secondary N) is 3. The summed E-state index contributed by atoms with van der Waals surface area (Å²) in [6.07, 6.45) is 1.66. The van der Waals surface area contributed by atoms with Gasteiger partial charge in [0.2, 0.25) is 0 Å². The number of primary amides is 1. The molecule has 1 heterocycles. The number of fused-ring (bicyclic) bond motifs is 1.